The Morgan fingerprint density at radius 3 is 2.75 bits per heavy atom. The van der Waals surface area contributed by atoms with Crippen LogP contribution in [0.5, 0.6) is 0 Å². The Labute approximate surface area is 140 Å². The van der Waals surface area contributed by atoms with Gasteiger partial charge in [-0.1, -0.05) is 24.3 Å². The number of amides is 1. The SMILES string of the molecule is C[C@H]1c2ccccc2CN1C(=O)c1cc2n(n1)CCN(C)S2(=O)=O. The summed E-state index contributed by atoms with van der Waals surface area (Å²) < 4.78 is 27.4. The Hall–Kier alpha value is -2.19. The first-order chi connectivity index (χ1) is 11.4. The van der Waals surface area contributed by atoms with Crippen molar-refractivity contribution < 1.29 is 13.2 Å². The van der Waals surface area contributed by atoms with E-state index in [2.05, 4.69) is 5.10 Å². The third-order valence-corrected chi connectivity index (χ3v) is 6.70. The zero-order chi connectivity index (χ0) is 17.1. The highest BCUT2D eigenvalue weighted by Crippen LogP contribution is 2.34. The van der Waals surface area contributed by atoms with Crippen molar-refractivity contribution in [1.29, 1.82) is 0 Å². The molecule has 3 heterocycles. The standard InChI is InChI=1S/C16H18N4O3S/c1-11-13-6-4-3-5-12(13)10-19(11)16(21)14-9-15-20(17-14)8-7-18(2)24(15,22)23/h3-6,9,11H,7-8,10H2,1-2H3/t11-/m0/s1. The molecule has 0 spiro atoms. The van der Waals surface area contributed by atoms with Crippen molar-refractivity contribution >= 4 is 15.9 Å². The molecule has 126 valence electrons. The lowest BCUT2D eigenvalue weighted by Crippen LogP contribution is -2.37. The predicted molar refractivity (Wildman–Crippen MR) is 86.8 cm³/mol. The largest absolute Gasteiger partial charge is 0.326 e. The van der Waals surface area contributed by atoms with Crippen LogP contribution in [-0.4, -0.2) is 46.9 Å². The second-order valence-electron chi connectivity index (χ2n) is 6.23. The fourth-order valence-corrected chi connectivity index (χ4v) is 4.66. The minimum Gasteiger partial charge on any atom is -0.326 e. The number of benzene rings is 1. The Kier molecular flexibility index (Phi) is 3.29. The summed E-state index contributed by atoms with van der Waals surface area (Å²) in [7, 11) is -2.03. The van der Waals surface area contributed by atoms with Crippen LogP contribution in [0, 0.1) is 0 Å². The van der Waals surface area contributed by atoms with E-state index in [0.717, 1.165) is 11.1 Å². The molecule has 1 atom stereocenters. The molecule has 0 saturated carbocycles. The quantitative estimate of drug-likeness (QED) is 0.778. The summed E-state index contributed by atoms with van der Waals surface area (Å²) in [6.07, 6.45) is 0. The molecule has 0 aliphatic carbocycles. The van der Waals surface area contributed by atoms with Gasteiger partial charge in [0, 0.05) is 26.2 Å². The topological polar surface area (TPSA) is 75.5 Å². The van der Waals surface area contributed by atoms with Gasteiger partial charge in [0.1, 0.15) is 0 Å². The van der Waals surface area contributed by atoms with Gasteiger partial charge in [-0.05, 0) is 18.1 Å². The van der Waals surface area contributed by atoms with Crippen LogP contribution in [0.4, 0.5) is 0 Å². The molecule has 0 radical (unpaired) electrons. The lowest BCUT2D eigenvalue weighted by atomic mass is 10.1. The number of fused-ring (bicyclic) bond motifs is 2. The highest BCUT2D eigenvalue weighted by atomic mass is 32.2. The lowest BCUT2D eigenvalue weighted by Gasteiger charge is -2.22. The average molecular weight is 346 g/mol. The molecular weight excluding hydrogens is 328 g/mol. The van der Waals surface area contributed by atoms with E-state index >= 15 is 0 Å². The highest BCUT2D eigenvalue weighted by molar-refractivity contribution is 7.89. The van der Waals surface area contributed by atoms with E-state index in [1.807, 2.05) is 31.2 Å². The summed E-state index contributed by atoms with van der Waals surface area (Å²) in [5, 5.41) is 4.33. The maximum absolute atomic E-state index is 12.9. The zero-order valence-corrected chi connectivity index (χ0v) is 14.3. The molecule has 0 saturated heterocycles. The molecule has 0 N–H and O–H groups in total. The molecule has 0 fully saturated rings. The van der Waals surface area contributed by atoms with Gasteiger partial charge in [-0.25, -0.2) is 8.42 Å². The second-order valence-corrected chi connectivity index (χ2v) is 8.22. The molecule has 4 rings (SSSR count). The maximum Gasteiger partial charge on any atom is 0.275 e. The minimum absolute atomic E-state index is 0.0493. The van der Waals surface area contributed by atoms with Crippen molar-refractivity contribution in [2.24, 2.45) is 0 Å². The van der Waals surface area contributed by atoms with E-state index in [4.69, 9.17) is 0 Å². The van der Waals surface area contributed by atoms with Gasteiger partial charge in [0.25, 0.3) is 15.9 Å². The van der Waals surface area contributed by atoms with E-state index in [1.165, 1.54) is 22.1 Å². The van der Waals surface area contributed by atoms with Crippen LogP contribution in [0.1, 0.15) is 34.6 Å². The van der Waals surface area contributed by atoms with E-state index in [0.29, 0.717) is 19.6 Å². The number of likely N-dealkylation sites (N-methyl/N-ethyl adjacent to an activating group) is 1. The molecule has 0 unspecified atom stereocenters. The molecular formula is C16H18N4O3S. The number of hydrogen-bond donors (Lipinski definition) is 0. The number of carbonyl (C=O) groups excluding carboxylic acids is 1. The van der Waals surface area contributed by atoms with Gasteiger partial charge in [0.05, 0.1) is 12.6 Å². The fraction of sp³-hybridized carbons (Fsp3) is 0.375. The van der Waals surface area contributed by atoms with Gasteiger partial charge in [0.15, 0.2) is 10.7 Å². The summed E-state index contributed by atoms with van der Waals surface area (Å²) in [6.45, 7) is 3.31. The summed E-state index contributed by atoms with van der Waals surface area (Å²) in [5.74, 6) is -0.238. The zero-order valence-electron chi connectivity index (χ0n) is 13.5. The first-order valence-electron chi connectivity index (χ1n) is 7.82. The van der Waals surface area contributed by atoms with E-state index in [-0.39, 0.29) is 22.7 Å². The third kappa shape index (κ3) is 2.10. The molecule has 2 aliphatic heterocycles. The van der Waals surface area contributed by atoms with Gasteiger partial charge in [0.2, 0.25) is 0 Å². The van der Waals surface area contributed by atoms with Crippen molar-refractivity contribution in [3.63, 3.8) is 0 Å². The van der Waals surface area contributed by atoms with Gasteiger partial charge in [-0.2, -0.15) is 9.40 Å². The normalized spacial score (nSPS) is 22.2. The minimum atomic E-state index is -3.56. The first kappa shape index (κ1) is 15.3. The Morgan fingerprint density at radius 2 is 2.00 bits per heavy atom. The summed E-state index contributed by atoms with van der Waals surface area (Å²) in [6, 6.07) is 9.29. The Balaban J connectivity index is 1.68. The number of nitrogens with zero attached hydrogens (tertiary/aromatic N) is 4. The van der Waals surface area contributed by atoms with Crippen LogP contribution in [0.15, 0.2) is 35.4 Å². The molecule has 1 aromatic carbocycles. The van der Waals surface area contributed by atoms with Crippen molar-refractivity contribution in [3.05, 3.63) is 47.2 Å². The van der Waals surface area contributed by atoms with Crippen LogP contribution >= 0.6 is 0 Å². The molecule has 2 aromatic rings. The van der Waals surface area contributed by atoms with Crippen molar-refractivity contribution in [3.8, 4) is 0 Å². The second kappa shape index (κ2) is 5.15. The van der Waals surface area contributed by atoms with Crippen LogP contribution < -0.4 is 0 Å². The number of hydrogen-bond acceptors (Lipinski definition) is 4. The predicted octanol–water partition coefficient (Wildman–Crippen LogP) is 1.23. The van der Waals surface area contributed by atoms with Gasteiger partial charge >= 0.3 is 0 Å². The van der Waals surface area contributed by atoms with Crippen LogP contribution in [0.3, 0.4) is 0 Å². The number of aromatic nitrogens is 2. The van der Waals surface area contributed by atoms with E-state index in [1.54, 1.807) is 4.90 Å². The van der Waals surface area contributed by atoms with E-state index in [9.17, 15) is 13.2 Å². The van der Waals surface area contributed by atoms with Gasteiger partial charge < -0.3 is 4.90 Å². The van der Waals surface area contributed by atoms with Gasteiger partial charge in [-0.3, -0.25) is 9.48 Å². The number of rotatable bonds is 1. The third-order valence-electron chi connectivity index (χ3n) is 4.84. The number of carbonyl (C=O) groups is 1. The average Bonchev–Trinajstić information content (AvgIpc) is 3.14. The number of sulfonamides is 1. The summed E-state index contributed by atoms with van der Waals surface area (Å²) in [4.78, 5) is 14.6. The molecule has 2 aliphatic rings. The maximum atomic E-state index is 12.9. The molecule has 0 bridgehead atoms. The first-order valence-corrected chi connectivity index (χ1v) is 9.26. The van der Waals surface area contributed by atoms with Crippen LogP contribution in [0.25, 0.3) is 0 Å². The summed E-state index contributed by atoms with van der Waals surface area (Å²) in [5.41, 5.74) is 2.43. The van der Waals surface area contributed by atoms with Gasteiger partial charge in [-0.15, -0.1) is 0 Å². The van der Waals surface area contributed by atoms with Crippen molar-refractivity contribution in [1.82, 2.24) is 19.0 Å². The molecule has 1 aromatic heterocycles. The molecule has 7 nitrogen and oxygen atoms in total. The molecule has 1 amide bonds. The fourth-order valence-electron chi connectivity index (χ4n) is 3.36. The molecule has 24 heavy (non-hydrogen) atoms. The summed E-state index contributed by atoms with van der Waals surface area (Å²) >= 11 is 0. The lowest BCUT2D eigenvalue weighted by molar-refractivity contribution is 0.0698. The van der Waals surface area contributed by atoms with Crippen LogP contribution in [0.2, 0.25) is 0 Å². The Bertz CT molecular complexity index is 935. The van der Waals surface area contributed by atoms with Crippen molar-refractivity contribution in [2.75, 3.05) is 13.6 Å². The highest BCUT2D eigenvalue weighted by Gasteiger charge is 2.35. The monoisotopic (exact) mass is 346 g/mol. The van der Waals surface area contributed by atoms with E-state index < -0.39 is 10.0 Å². The van der Waals surface area contributed by atoms with Crippen molar-refractivity contribution in [2.45, 2.75) is 31.1 Å². The van der Waals surface area contributed by atoms with Crippen LogP contribution in [-0.2, 0) is 23.1 Å². The smallest absolute Gasteiger partial charge is 0.275 e. The Morgan fingerprint density at radius 1 is 1.25 bits per heavy atom. The molecule has 8 heteroatoms.